The van der Waals surface area contributed by atoms with Crippen LogP contribution in [0, 0.1) is 9.49 Å². The van der Waals surface area contributed by atoms with Crippen molar-refractivity contribution in [3.8, 4) is 0 Å². The Balaban J connectivity index is 2.66. The van der Waals surface area contributed by atoms with Gasteiger partial charge in [-0.3, -0.25) is 4.79 Å². The smallest absolute Gasteiger partial charge is 0.266 e. The predicted octanol–water partition coefficient (Wildman–Crippen LogP) is 2.05. The summed E-state index contributed by atoms with van der Waals surface area (Å²) < 4.78 is 0.558. The van der Waals surface area contributed by atoms with E-state index in [4.69, 9.17) is 11.6 Å². The Morgan fingerprint density at radius 3 is 2.93 bits per heavy atom. The molecule has 0 amide bonds. The summed E-state index contributed by atoms with van der Waals surface area (Å²) in [6.45, 7) is 4.71. The summed E-state index contributed by atoms with van der Waals surface area (Å²) in [5.74, 6) is 0.976. The monoisotopic (exact) mass is 341 g/mol. The molecule has 1 rings (SSSR count). The van der Waals surface area contributed by atoms with Crippen LogP contribution in [0.5, 0.6) is 0 Å². The molecule has 0 aromatic carbocycles. The van der Waals surface area contributed by atoms with Crippen LogP contribution in [0.3, 0.4) is 0 Å². The van der Waals surface area contributed by atoms with Crippen molar-refractivity contribution in [2.45, 2.75) is 19.2 Å². The lowest BCUT2D eigenvalue weighted by atomic mass is 10.1. The topological polar surface area (TPSA) is 57.8 Å². The molecule has 2 N–H and O–H groups in total. The van der Waals surface area contributed by atoms with Crippen LogP contribution >= 0.6 is 34.2 Å². The molecular formula is C9H13ClIN3O. The SMILES string of the molecule is CC(C)C(Cl)CNc1nc[nH]c(=O)c1I. The summed E-state index contributed by atoms with van der Waals surface area (Å²) in [4.78, 5) is 17.8. The van der Waals surface area contributed by atoms with Crippen molar-refractivity contribution in [1.29, 1.82) is 0 Å². The normalized spacial score (nSPS) is 12.9. The van der Waals surface area contributed by atoms with Gasteiger partial charge in [-0.2, -0.15) is 0 Å². The molecule has 0 saturated heterocycles. The first kappa shape index (κ1) is 12.8. The standard InChI is InChI=1S/C9H13ClIN3O/c1-5(2)6(10)3-12-8-7(11)9(15)14-4-13-8/h4-6H,3H2,1-2H3,(H2,12,13,14,15). The fourth-order valence-corrected chi connectivity index (χ4v) is 1.50. The Kier molecular flexibility index (Phi) is 4.85. The van der Waals surface area contributed by atoms with Gasteiger partial charge >= 0.3 is 0 Å². The molecule has 0 aliphatic rings. The fraction of sp³-hybridized carbons (Fsp3) is 0.556. The highest BCUT2D eigenvalue weighted by atomic mass is 127. The molecule has 0 saturated carbocycles. The van der Waals surface area contributed by atoms with Gasteiger partial charge in [0.1, 0.15) is 9.39 Å². The lowest BCUT2D eigenvalue weighted by Crippen LogP contribution is -2.22. The second kappa shape index (κ2) is 5.69. The van der Waals surface area contributed by atoms with Crippen LogP contribution in [0.2, 0.25) is 0 Å². The van der Waals surface area contributed by atoms with E-state index in [1.165, 1.54) is 6.33 Å². The average molecular weight is 342 g/mol. The third-order valence-corrected chi connectivity index (χ3v) is 3.64. The molecule has 1 aromatic heterocycles. The summed E-state index contributed by atoms with van der Waals surface area (Å²) >= 11 is 8.04. The van der Waals surface area contributed by atoms with Crippen molar-refractivity contribution < 1.29 is 0 Å². The molecule has 4 nitrogen and oxygen atoms in total. The van der Waals surface area contributed by atoms with Crippen LogP contribution in [0.15, 0.2) is 11.1 Å². The van der Waals surface area contributed by atoms with Gasteiger partial charge in [0.15, 0.2) is 0 Å². The highest BCUT2D eigenvalue weighted by Gasteiger charge is 2.11. The van der Waals surface area contributed by atoms with Crippen LogP contribution in [-0.4, -0.2) is 21.9 Å². The van der Waals surface area contributed by atoms with Crippen molar-refractivity contribution in [2.24, 2.45) is 5.92 Å². The number of halogens is 2. The summed E-state index contributed by atoms with van der Waals surface area (Å²) in [5.41, 5.74) is -0.135. The molecule has 84 valence electrons. The van der Waals surface area contributed by atoms with Crippen LogP contribution in [0.1, 0.15) is 13.8 Å². The van der Waals surface area contributed by atoms with Gasteiger partial charge < -0.3 is 10.3 Å². The molecule has 15 heavy (non-hydrogen) atoms. The molecule has 0 radical (unpaired) electrons. The number of hydrogen-bond donors (Lipinski definition) is 2. The predicted molar refractivity (Wildman–Crippen MR) is 70.5 cm³/mol. The van der Waals surface area contributed by atoms with Gasteiger partial charge in [-0.05, 0) is 28.5 Å². The molecular weight excluding hydrogens is 328 g/mol. The van der Waals surface area contributed by atoms with Crippen molar-refractivity contribution in [2.75, 3.05) is 11.9 Å². The Hall–Kier alpha value is -0.300. The number of rotatable bonds is 4. The zero-order chi connectivity index (χ0) is 11.4. The number of nitrogens with one attached hydrogen (secondary N) is 2. The quantitative estimate of drug-likeness (QED) is 0.651. The minimum Gasteiger partial charge on any atom is -0.367 e. The number of aromatic amines is 1. The van der Waals surface area contributed by atoms with E-state index in [-0.39, 0.29) is 10.9 Å². The molecule has 1 heterocycles. The lowest BCUT2D eigenvalue weighted by molar-refractivity contribution is 0.615. The van der Waals surface area contributed by atoms with Crippen LogP contribution in [0.4, 0.5) is 5.82 Å². The number of hydrogen-bond acceptors (Lipinski definition) is 3. The van der Waals surface area contributed by atoms with E-state index >= 15 is 0 Å². The molecule has 0 aliphatic carbocycles. The van der Waals surface area contributed by atoms with Gasteiger partial charge in [0.05, 0.1) is 11.7 Å². The van der Waals surface area contributed by atoms with E-state index in [0.717, 1.165) is 0 Å². The van der Waals surface area contributed by atoms with Crippen molar-refractivity contribution >= 4 is 40.0 Å². The first-order valence-corrected chi connectivity index (χ1v) is 6.15. The number of anilines is 1. The van der Waals surface area contributed by atoms with Crippen LogP contribution < -0.4 is 10.9 Å². The first-order valence-electron chi connectivity index (χ1n) is 4.63. The minimum atomic E-state index is -0.135. The Labute approximate surface area is 107 Å². The Morgan fingerprint density at radius 2 is 2.33 bits per heavy atom. The van der Waals surface area contributed by atoms with Crippen molar-refractivity contribution in [1.82, 2.24) is 9.97 Å². The van der Waals surface area contributed by atoms with Crippen molar-refractivity contribution in [3.05, 3.63) is 20.3 Å². The molecule has 0 fully saturated rings. The molecule has 0 spiro atoms. The number of aromatic nitrogens is 2. The van der Waals surface area contributed by atoms with Crippen LogP contribution in [0.25, 0.3) is 0 Å². The number of alkyl halides is 1. The van der Waals surface area contributed by atoms with Gasteiger partial charge in [0.2, 0.25) is 0 Å². The maximum atomic E-state index is 11.2. The second-order valence-corrected chi connectivity index (χ2v) is 5.17. The molecule has 1 unspecified atom stereocenters. The minimum absolute atomic E-state index is 0.0295. The summed E-state index contributed by atoms with van der Waals surface area (Å²) in [6.07, 6.45) is 1.38. The molecule has 1 atom stereocenters. The summed E-state index contributed by atoms with van der Waals surface area (Å²) in [6, 6.07) is 0. The third kappa shape index (κ3) is 3.64. The fourth-order valence-electron chi connectivity index (χ4n) is 0.936. The van der Waals surface area contributed by atoms with E-state index in [9.17, 15) is 4.79 Å². The largest absolute Gasteiger partial charge is 0.367 e. The zero-order valence-corrected chi connectivity index (χ0v) is 11.5. The van der Waals surface area contributed by atoms with Gasteiger partial charge in [0, 0.05) is 6.54 Å². The highest BCUT2D eigenvalue weighted by Crippen LogP contribution is 2.13. The Morgan fingerprint density at radius 1 is 1.67 bits per heavy atom. The van der Waals surface area contributed by atoms with E-state index < -0.39 is 0 Å². The van der Waals surface area contributed by atoms with E-state index in [2.05, 4.69) is 29.1 Å². The number of nitrogens with zero attached hydrogens (tertiary/aromatic N) is 1. The van der Waals surface area contributed by atoms with Gasteiger partial charge in [-0.25, -0.2) is 4.98 Å². The second-order valence-electron chi connectivity index (χ2n) is 3.54. The first-order chi connectivity index (χ1) is 7.02. The molecule has 0 bridgehead atoms. The Bertz CT molecular complexity index is 380. The molecule has 0 aliphatic heterocycles. The summed E-state index contributed by atoms with van der Waals surface area (Å²) in [5, 5.41) is 3.09. The molecule has 1 aromatic rings. The van der Waals surface area contributed by atoms with Crippen LogP contribution in [-0.2, 0) is 0 Å². The summed E-state index contributed by atoms with van der Waals surface area (Å²) in [7, 11) is 0. The van der Waals surface area contributed by atoms with Gasteiger partial charge in [-0.1, -0.05) is 13.8 Å². The zero-order valence-electron chi connectivity index (χ0n) is 8.55. The lowest BCUT2D eigenvalue weighted by Gasteiger charge is -2.14. The van der Waals surface area contributed by atoms with Gasteiger partial charge in [-0.15, -0.1) is 11.6 Å². The van der Waals surface area contributed by atoms with Crippen molar-refractivity contribution in [3.63, 3.8) is 0 Å². The highest BCUT2D eigenvalue weighted by molar-refractivity contribution is 14.1. The maximum absolute atomic E-state index is 11.2. The molecule has 6 heteroatoms. The number of H-pyrrole nitrogens is 1. The maximum Gasteiger partial charge on any atom is 0.266 e. The van der Waals surface area contributed by atoms with Gasteiger partial charge in [0.25, 0.3) is 5.56 Å². The average Bonchev–Trinajstić information content (AvgIpc) is 2.19. The van der Waals surface area contributed by atoms with E-state index in [1.807, 2.05) is 22.6 Å². The van der Waals surface area contributed by atoms with E-state index in [1.54, 1.807) is 0 Å². The van der Waals surface area contributed by atoms with E-state index in [0.29, 0.717) is 21.9 Å². The third-order valence-electron chi connectivity index (χ3n) is 1.98.